The van der Waals surface area contributed by atoms with Gasteiger partial charge in [0.05, 0.1) is 13.2 Å². The minimum atomic E-state index is -0.914. The molecule has 3 aromatic carbocycles. The van der Waals surface area contributed by atoms with Crippen LogP contribution in [0.2, 0.25) is 0 Å². The molecule has 0 bridgehead atoms. The van der Waals surface area contributed by atoms with Crippen LogP contribution in [-0.2, 0) is 20.9 Å². The Morgan fingerprint density at radius 1 is 0.844 bits per heavy atom. The molecule has 1 unspecified atom stereocenters. The lowest BCUT2D eigenvalue weighted by Gasteiger charge is -2.18. The number of anilines is 1. The molecule has 2 amide bonds. The first-order chi connectivity index (χ1) is 15.4. The highest BCUT2D eigenvalue weighted by atomic mass is 19.1. The van der Waals surface area contributed by atoms with Crippen molar-refractivity contribution in [3.63, 3.8) is 0 Å². The van der Waals surface area contributed by atoms with E-state index in [0.717, 1.165) is 5.56 Å². The Labute approximate surface area is 184 Å². The number of amides is 2. The molecule has 2 N–H and O–H groups in total. The Hall–Kier alpha value is -3.78. The molecule has 0 aliphatic carbocycles. The third kappa shape index (κ3) is 7.17. The van der Waals surface area contributed by atoms with Crippen molar-refractivity contribution in [2.75, 3.05) is 11.9 Å². The number of rotatable bonds is 9. The van der Waals surface area contributed by atoms with Crippen LogP contribution < -0.4 is 15.4 Å². The number of hydrogen-bond acceptors (Lipinski definition) is 4. The number of ether oxygens (including phenoxy) is 2. The summed E-state index contributed by atoms with van der Waals surface area (Å²) in [5, 5.41) is 5.27. The lowest BCUT2D eigenvalue weighted by Crippen LogP contribution is -2.46. The second-order valence-corrected chi connectivity index (χ2v) is 6.96. The molecule has 0 spiro atoms. The molecule has 0 aromatic heterocycles. The molecule has 3 rings (SSSR count). The van der Waals surface area contributed by atoms with Gasteiger partial charge in [-0.25, -0.2) is 8.78 Å². The molecule has 0 aliphatic heterocycles. The zero-order valence-electron chi connectivity index (χ0n) is 17.3. The molecular weight excluding hydrogens is 418 g/mol. The molecule has 3 aromatic rings. The Kier molecular flexibility index (Phi) is 7.88. The van der Waals surface area contributed by atoms with E-state index in [1.54, 1.807) is 36.4 Å². The van der Waals surface area contributed by atoms with E-state index in [4.69, 9.17) is 9.47 Å². The van der Waals surface area contributed by atoms with E-state index in [0.29, 0.717) is 17.2 Å². The number of benzene rings is 3. The highest BCUT2D eigenvalue weighted by molar-refractivity contribution is 5.97. The lowest BCUT2D eigenvalue weighted by molar-refractivity contribution is -0.126. The molecule has 32 heavy (non-hydrogen) atoms. The highest BCUT2D eigenvalue weighted by Gasteiger charge is 2.20. The van der Waals surface area contributed by atoms with Crippen molar-refractivity contribution < 1.29 is 27.8 Å². The van der Waals surface area contributed by atoms with Crippen LogP contribution in [0.5, 0.6) is 11.5 Å². The zero-order chi connectivity index (χ0) is 22.9. The largest absolute Gasteiger partial charge is 0.457 e. The molecular formula is C24H22F2N2O4. The lowest BCUT2D eigenvalue weighted by atomic mass is 10.2. The Balaban J connectivity index is 1.55. The highest BCUT2D eigenvalue weighted by Crippen LogP contribution is 2.23. The van der Waals surface area contributed by atoms with Crippen molar-refractivity contribution in [1.82, 2.24) is 5.32 Å². The Bertz CT molecular complexity index is 1040. The van der Waals surface area contributed by atoms with Crippen LogP contribution in [0.4, 0.5) is 14.5 Å². The van der Waals surface area contributed by atoms with Gasteiger partial charge in [0.25, 0.3) is 0 Å². The van der Waals surface area contributed by atoms with Crippen LogP contribution in [0.15, 0.2) is 72.8 Å². The van der Waals surface area contributed by atoms with E-state index >= 15 is 0 Å². The van der Waals surface area contributed by atoms with Crippen molar-refractivity contribution >= 4 is 17.5 Å². The van der Waals surface area contributed by atoms with Crippen LogP contribution >= 0.6 is 0 Å². The van der Waals surface area contributed by atoms with Crippen LogP contribution in [0, 0.1) is 11.6 Å². The first-order valence-corrected chi connectivity index (χ1v) is 9.83. The minimum Gasteiger partial charge on any atom is -0.457 e. The van der Waals surface area contributed by atoms with Crippen LogP contribution in [0.25, 0.3) is 0 Å². The van der Waals surface area contributed by atoms with E-state index in [1.165, 1.54) is 43.3 Å². The first-order valence-electron chi connectivity index (χ1n) is 9.83. The van der Waals surface area contributed by atoms with Crippen molar-refractivity contribution in [3.05, 3.63) is 90.0 Å². The summed E-state index contributed by atoms with van der Waals surface area (Å²) in [5.74, 6) is -0.544. The molecule has 0 aliphatic rings. The van der Waals surface area contributed by atoms with Gasteiger partial charge in [-0.3, -0.25) is 9.59 Å². The molecule has 6 nitrogen and oxygen atoms in total. The van der Waals surface area contributed by atoms with Crippen LogP contribution in [-0.4, -0.2) is 24.5 Å². The predicted octanol–water partition coefficient (Wildman–Crippen LogP) is 4.42. The summed E-state index contributed by atoms with van der Waals surface area (Å²) in [6, 6.07) is 17.1. The van der Waals surface area contributed by atoms with E-state index in [1.807, 2.05) is 0 Å². The van der Waals surface area contributed by atoms with Gasteiger partial charge in [-0.05, 0) is 66.2 Å². The average Bonchev–Trinajstić information content (AvgIpc) is 2.77. The molecule has 1 atom stereocenters. The van der Waals surface area contributed by atoms with Gasteiger partial charge < -0.3 is 20.1 Å². The van der Waals surface area contributed by atoms with Gasteiger partial charge in [0.15, 0.2) is 0 Å². The van der Waals surface area contributed by atoms with Crippen molar-refractivity contribution in [2.45, 2.75) is 19.6 Å². The molecule has 0 heterocycles. The Morgan fingerprint density at radius 2 is 1.38 bits per heavy atom. The van der Waals surface area contributed by atoms with Crippen molar-refractivity contribution in [2.24, 2.45) is 0 Å². The van der Waals surface area contributed by atoms with Gasteiger partial charge in [-0.2, -0.15) is 0 Å². The van der Waals surface area contributed by atoms with Crippen LogP contribution in [0.3, 0.4) is 0 Å². The summed E-state index contributed by atoms with van der Waals surface area (Å²) in [4.78, 5) is 24.1. The number of carbonyl (C=O) groups is 2. The summed E-state index contributed by atoms with van der Waals surface area (Å²) < 4.78 is 37.1. The zero-order valence-corrected chi connectivity index (χ0v) is 17.3. The number of halogens is 2. The summed E-state index contributed by atoms with van der Waals surface area (Å²) in [6.07, 6.45) is 0. The maximum atomic E-state index is 13.0. The number of hydrogen-bond donors (Lipinski definition) is 2. The predicted molar refractivity (Wildman–Crippen MR) is 115 cm³/mol. The SMILES string of the molecule is CC(=O)NC(COCc1ccc(F)cc1)C(=O)Nc1ccc(Oc2ccc(F)cc2)cc1. The fraction of sp³-hybridized carbons (Fsp3) is 0.167. The fourth-order valence-corrected chi connectivity index (χ4v) is 2.78. The summed E-state index contributed by atoms with van der Waals surface area (Å²) >= 11 is 0. The van der Waals surface area contributed by atoms with Crippen LogP contribution in [0.1, 0.15) is 12.5 Å². The molecule has 8 heteroatoms. The maximum absolute atomic E-state index is 13.0. The second kappa shape index (κ2) is 11.0. The smallest absolute Gasteiger partial charge is 0.249 e. The molecule has 0 saturated carbocycles. The quantitative estimate of drug-likeness (QED) is 0.517. The molecule has 0 radical (unpaired) electrons. The fourth-order valence-electron chi connectivity index (χ4n) is 2.78. The van der Waals surface area contributed by atoms with Gasteiger partial charge >= 0.3 is 0 Å². The van der Waals surface area contributed by atoms with E-state index in [-0.39, 0.29) is 30.8 Å². The minimum absolute atomic E-state index is 0.0610. The average molecular weight is 440 g/mol. The van der Waals surface area contributed by atoms with Gasteiger partial charge in [0.2, 0.25) is 11.8 Å². The van der Waals surface area contributed by atoms with Crippen molar-refractivity contribution in [1.29, 1.82) is 0 Å². The Morgan fingerprint density at radius 3 is 1.94 bits per heavy atom. The van der Waals surface area contributed by atoms with Gasteiger partial charge in [0, 0.05) is 12.6 Å². The van der Waals surface area contributed by atoms with E-state index in [2.05, 4.69) is 10.6 Å². The normalized spacial score (nSPS) is 11.5. The monoisotopic (exact) mass is 440 g/mol. The van der Waals surface area contributed by atoms with Gasteiger partial charge in [-0.15, -0.1) is 0 Å². The van der Waals surface area contributed by atoms with Gasteiger partial charge in [-0.1, -0.05) is 12.1 Å². The molecule has 0 saturated heterocycles. The maximum Gasteiger partial charge on any atom is 0.249 e. The van der Waals surface area contributed by atoms with Gasteiger partial charge in [0.1, 0.15) is 29.2 Å². The topological polar surface area (TPSA) is 76.7 Å². The first kappa shape index (κ1) is 22.9. The third-order valence-corrected chi connectivity index (χ3v) is 4.33. The summed E-state index contributed by atoms with van der Waals surface area (Å²) in [6.45, 7) is 1.41. The van der Waals surface area contributed by atoms with Crippen molar-refractivity contribution in [3.8, 4) is 11.5 Å². The molecule has 0 fully saturated rings. The van der Waals surface area contributed by atoms with E-state index < -0.39 is 11.9 Å². The third-order valence-electron chi connectivity index (χ3n) is 4.33. The number of carbonyl (C=O) groups excluding carboxylic acids is 2. The number of nitrogens with one attached hydrogen (secondary N) is 2. The molecule has 166 valence electrons. The standard InChI is InChI=1S/C24H22F2N2O4/c1-16(29)27-23(15-31-14-17-2-4-18(25)5-3-17)24(30)28-20-8-12-22(13-9-20)32-21-10-6-19(26)7-11-21/h2-13,23H,14-15H2,1H3,(H,27,29)(H,28,30). The van der Waals surface area contributed by atoms with E-state index in [9.17, 15) is 18.4 Å². The second-order valence-electron chi connectivity index (χ2n) is 6.96. The summed E-state index contributed by atoms with van der Waals surface area (Å²) in [5.41, 5.74) is 1.24. The summed E-state index contributed by atoms with van der Waals surface area (Å²) in [7, 11) is 0.